The standard InChI is InChI=1S/C16H26N7O9P/c17-7(15(27)28)3-1-2-4-20-33(29,30)31-5-8-10(24)11(25)14(32-8)23-6-19-9-12(23)21-16(18)22-13(9)26/h6-8,10-11,14,24-25H,1-5,17H2,(H,27,28)(H2,20,29,30)(H3,18,21,22,26). The molecule has 2 aromatic rings. The molecule has 0 saturated carbocycles. The number of hydrogen-bond acceptors (Lipinski definition) is 11. The highest BCUT2D eigenvalue weighted by molar-refractivity contribution is 7.50. The average molecular weight is 491 g/mol. The summed E-state index contributed by atoms with van der Waals surface area (Å²) >= 11 is 0. The van der Waals surface area contributed by atoms with Crippen molar-refractivity contribution in [2.24, 2.45) is 5.73 Å². The summed E-state index contributed by atoms with van der Waals surface area (Å²) in [5.41, 5.74) is 10.3. The van der Waals surface area contributed by atoms with Crippen LogP contribution < -0.4 is 22.1 Å². The van der Waals surface area contributed by atoms with Gasteiger partial charge in [0.2, 0.25) is 5.95 Å². The number of fused-ring (bicyclic) bond motifs is 1. The van der Waals surface area contributed by atoms with Crippen LogP contribution in [0.5, 0.6) is 0 Å². The molecule has 0 aromatic carbocycles. The van der Waals surface area contributed by atoms with Gasteiger partial charge in [-0.25, -0.2) is 14.6 Å². The van der Waals surface area contributed by atoms with Crippen molar-refractivity contribution in [2.75, 3.05) is 18.9 Å². The number of aromatic amines is 1. The number of H-pyrrole nitrogens is 1. The summed E-state index contributed by atoms with van der Waals surface area (Å²) < 4.78 is 23.9. The molecule has 184 valence electrons. The first-order valence-electron chi connectivity index (χ1n) is 9.95. The molecule has 0 radical (unpaired) electrons. The van der Waals surface area contributed by atoms with Crippen molar-refractivity contribution in [3.63, 3.8) is 0 Å². The van der Waals surface area contributed by atoms with Crippen LogP contribution in [0.25, 0.3) is 11.2 Å². The van der Waals surface area contributed by atoms with Gasteiger partial charge in [-0.3, -0.25) is 23.7 Å². The number of ether oxygens (including phenoxy) is 1. The minimum atomic E-state index is -4.27. The van der Waals surface area contributed by atoms with Crippen LogP contribution in [0.1, 0.15) is 25.5 Å². The first-order chi connectivity index (χ1) is 15.5. The number of aromatic nitrogens is 4. The summed E-state index contributed by atoms with van der Waals surface area (Å²) in [6, 6.07) is -1.000. The van der Waals surface area contributed by atoms with Gasteiger partial charge in [-0.2, -0.15) is 4.98 Å². The Morgan fingerprint density at radius 3 is 2.82 bits per heavy atom. The maximum atomic E-state index is 12.2. The van der Waals surface area contributed by atoms with E-state index in [1.54, 1.807) is 0 Å². The van der Waals surface area contributed by atoms with E-state index in [1.165, 1.54) is 10.9 Å². The second-order valence-electron chi connectivity index (χ2n) is 7.49. The maximum Gasteiger partial charge on any atom is 0.403 e. The molecule has 0 bridgehead atoms. The maximum absolute atomic E-state index is 12.2. The molecule has 6 unspecified atom stereocenters. The molecule has 1 aliphatic rings. The number of carbonyl (C=O) groups is 1. The van der Waals surface area contributed by atoms with Gasteiger partial charge in [0.15, 0.2) is 17.4 Å². The number of rotatable bonds is 11. The molecule has 1 fully saturated rings. The topological polar surface area (TPSA) is 261 Å². The van der Waals surface area contributed by atoms with Crippen LogP contribution in [0.15, 0.2) is 11.1 Å². The van der Waals surface area contributed by atoms with E-state index in [4.69, 9.17) is 25.8 Å². The van der Waals surface area contributed by atoms with Gasteiger partial charge in [0, 0.05) is 6.54 Å². The van der Waals surface area contributed by atoms with Gasteiger partial charge >= 0.3 is 13.7 Å². The Balaban J connectivity index is 1.55. The molecular weight excluding hydrogens is 465 g/mol. The molecule has 2 aromatic heterocycles. The summed E-state index contributed by atoms with van der Waals surface area (Å²) in [4.78, 5) is 42.6. The highest BCUT2D eigenvalue weighted by Gasteiger charge is 2.45. The first-order valence-corrected chi connectivity index (χ1v) is 11.5. The lowest BCUT2D eigenvalue weighted by Crippen LogP contribution is -2.34. The number of aliphatic hydroxyl groups excluding tert-OH is 2. The molecule has 1 saturated heterocycles. The van der Waals surface area contributed by atoms with Crippen LogP contribution >= 0.6 is 7.75 Å². The number of nitrogens with two attached hydrogens (primary N) is 2. The zero-order chi connectivity index (χ0) is 24.3. The second-order valence-corrected chi connectivity index (χ2v) is 9.10. The third kappa shape index (κ3) is 5.93. The molecule has 6 atom stereocenters. The van der Waals surface area contributed by atoms with E-state index in [0.29, 0.717) is 12.8 Å². The molecular formula is C16H26N7O9P. The van der Waals surface area contributed by atoms with Crippen LogP contribution in [-0.2, 0) is 18.6 Å². The quantitative estimate of drug-likeness (QED) is 0.120. The highest BCUT2D eigenvalue weighted by Crippen LogP contribution is 2.39. The van der Waals surface area contributed by atoms with Crippen molar-refractivity contribution in [1.29, 1.82) is 0 Å². The number of nitrogen functional groups attached to an aromatic ring is 1. The lowest BCUT2D eigenvalue weighted by molar-refractivity contribution is -0.138. The Morgan fingerprint density at radius 1 is 1.39 bits per heavy atom. The number of hydrogen-bond donors (Lipinski definition) is 8. The molecule has 0 aliphatic carbocycles. The Kier molecular flexibility index (Phi) is 7.81. The van der Waals surface area contributed by atoms with Crippen molar-refractivity contribution in [1.82, 2.24) is 24.6 Å². The largest absolute Gasteiger partial charge is 0.480 e. The van der Waals surface area contributed by atoms with Gasteiger partial charge in [-0.05, 0) is 12.8 Å². The summed E-state index contributed by atoms with van der Waals surface area (Å²) in [6.07, 6.45) is -3.17. The van der Waals surface area contributed by atoms with Crippen molar-refractivity contribution < 1.29 is 38.8 Å². The predicted octanol–water partition coefficient (Wildman–Crippen LogP) is -2.39. The van der Waals surface area contributed by atoms with E-state index < -0.39 is 56.5 Å². The number of aliphatic hydroxyl groups is 2. The van der Waals surface area contributed by atoms with Gasteiger partial charge in [-0.15, -0.1) is 0 Å². The van der Waals surface area contributed by atoms with E-state index in [-0.39, 0.29) is 30.1 Å². The summed E-state index contributed by atoms with van der Waals surface area (Å²) in [6.45, 7) is -0.482. The fourth-order valence-electron chi connectivity index (χ4n) is 3.28. The Hall–Kier alpha value is -2.43. The summed E-state index contributed by atoms with van der Waals surface area (Å²) in [5.74, 6) is -1.30. The lowest BCUT2D eigenvalue weighted by atomic mass is 10.1. The highest BCUT2D eigenvalue weighted by atomic mass is 31.2. The number of imidazole rings is 1. The van der Waals surface area contributed by atoms with Gasteiger partial charge in [0.25, 0.3) is 5.56 Å². The second kappa shape index (κ2) is 10.2. The van der Waals surface area contributed by atoms with Crippen LogP contribution in [-0.4, -0.2) is 83.2 Å². The predicted molar refractivity (Wildman–Crippen MR) is 112 cm³/mol. The number of carboxylic acid groups (broad SMARTS) is 1. The number of unbranched alkanes of at least 4 members (excludes halogenated alkanes) is 1. The molecule has 0 spiro atoms. The fourth-order valence-corrected chi connectivity index (χ4v) is 4.16. The van der Waals surface area contributed by atoms with E-state index >= 15 is 0 Å². The molecule has 33 heavy (non-hydrogen) atoms. The smallest absolute Gasteiger partial charge is 0.403 e. The molecule has 3 rings (SSSR count). The molecule has 10 N–H and O–H groups in total. The van der Waals surface area contributed by atoms with Gasteiger partial charge in [0.05, 0.1) is 12.9 Å². The van der Waals surface area contributed by atoms with Gasteiger partial charge in [-0.1, -0.05) is 6.42 Å². The van der Waals surface area contributed by atoms with E-state index in [9.17, 15) is 29.3 Å². The lowest BCUT2D eigenvalue weighted by Gasteiger charge is -2.18. The van der Waals surface area contributed by atoms with Crippen molar-refractivity contribution >= 4 is 30.8 Å². The zero-order valence-corrected chi connectivity index (χ0v) is 18.2. The number of nitrogens with zero attached hydrogens (tertiary/aromatic N) is 3. The SMILES string of the molecule is Nc1nc2c(ncn2C2OC(COP(=O)(O)NCCCCC(N)C(=O)O)C(O)C2O)c(=O)[nH]1. The van der Waals surface area contributed by atoms with Crippen LogP contribution in [0.2, 0.25) is 0 Å². The minimum absolute atomic E-state index is 0.0196. The van der Waals surface area contributed by atoms with Crippen molar-refractivity contribution in [3.8, 4) is 0 Å². The van der Waals surface area contributed by atoms with Gasteiger partial charge < -0.3 is 36.4 Å². The third-order valence-electron chi connectivity index (χ3n) is 5.05. The van der Waals surface area contributed by atoms with Crippen molar-refractivity contribution in [3.05, 3.63) is 16.7 Å². The van der Waals surface area contributed by atoms with Crippen LogP contribution in [0.3, 0.4) is 0 Å². The van der Waals surface area contributed by atoms with E-state index in [2.05, 4.69) is 20.0 Å². The molecule has 16 nitrogen and oxygen atoms in total. The first kappa shape index (κ1) is 25.2. The van der Waals surface area contributed by atoms with Crippen LogP contribution in [0, 0.1) is 0 Å². The third-order valence-corrected chi connectivity index (χ3v) is 6.17. The Morgan fingerprint density at radius 2 is 2.12 bits per heavy atom. The zero-order valence-electron chi connectivity index (χ0n) is 17.3. The van der Waals surface area contributed by atoms with Crippen molar-refractivity contribution in [2.45, 2.75) is 49.8 Å². The fraction of sp³-hybridized carbons (Fsp3) is 0.625. The Labute approximate surface area is 186 Å². The molecule has 1 aliphatic heterocycles. The monoisotopic (exact) mass is 491 g/mol. The number of carboxylic acids is 1. The summed E-state index contributed by atoms with van der Waals surface area (Å²) in [7, 11) is -4.27. The molecule has 3 heterocycles. The summed E-state index contributed by atoms with van der Waals surface area (Å²) in [5, 5.41) is 31.7. The number of nitrogens with one attached hydrogen (secondary N) is 2. The van der Waals surface area contributed by atoms with Crippen LogP contribution in [0.4, 0.5) is 5.95 Å². The molecule has 17 heteroatoms. The van der Waals surface area contributed by atoms with Gasteiger partial charge in [0.1, 0.15) is 24.4 Å². The minimum Gasteiger partial charge on any atom is -0.480 e. The number of aliphatic carboxylic acids is 1. The van der Waals surface area contributed by atoms with E-state index in [0.717, 1.165) is 0 Å². The Bertz CT molecular complexity index is 1090. The average Bonchev–Trinajstić information content (AvgIpc) is 3.27. The number of anilines is 1. The molecule has 0 amide bonds. The van der Waals surface area contributed by atoms with E-state index in [1.807, 2.05) is 0 Å². The normalized spacial score (nSPS) is 25.8.